The zero-order chi connectivity index (χ0) is 14.9. The summed E-state index contributed by atoms with van der Waals surface area (Å²) in [6.07, 6.45) is -1.34. The van der Waals surface area contributed by atoms with Crippen molar-refractivity contribution in [3.8, 4) is 0 Å². The maximum absolute atomic E-state index is 11.8. The highest BCUT2D eigenvalue weighted by molar-refractivity contribution is 9.11. The van der Waals surface area contributed by atoms with Gasteiger partial charge in [-0.15, -0.1) is 0 Å². The second-order valence-corrected chi connectivity index (χ2v) is 5.42. The average Bonchev–Trinajstić information content (AvgIpc) is 2.70. The van der Waals surface area contributed by atoms with Gasteiger partial charge in [0.05, 0.1) is 11.7 Å². The van der Waals surface area contributed by atoms with E-state index in [9.17, 15) is 19.8 Å². The fourth-order valence-electron chi connectivity index (χ4n) is 1.96. The lowest BCUT2D eigenvalue weighted by Crippen LogP contribution is -2.38. The second-order valence-electron chi connectivity index (χ2n) is 4.24. The van der Waals surface area contributed by atoms with Crippen molar-refractivity contribution < 1.29 is 14.9 Å². The van der Waals surface area contributed by atoms with E-state index in [1.165, 1.54) is 17.3 Å². The summed E-state index contributed by atoms with van der Waals surface area (Å²) in [6.45, 7) is 0. The van der Waals surface area contributed by atoms with E-state index in [1.807, 2.05) is 0 Å². The summed E-state index contributed by atoms with van der Waals surface area (Å²) in [7, 11) is 0. The maximum Gasteiger partial charge on any atom is 0.330 e. The van der Waals surface area contributed by atoms with Crippen molar-refractivity contribution in [1.29, 1.82) is 0 Å². The van der Waals surface area contributed by atoms with Gasteiger partial charge >= 0.3 is 5.69 Å². The summed E-state index contributed by atoms with van der Waals surface area (Å²) in [4.78, 5) is 27.0. The minimum Gasteiger partial charge on any atom is -0.387 e. The van der Waals surface area contributed by atoms with Crippen LogP contribution in [0.15, 0.2) is 20.8 Å². The Morgan fingerprint density at radius 2 is 2.10 bits per heavy atom. The molecule has 0 aliphatic carbocycles. The SMILES string of the molecule is O=c1[nH]c(=O)n([C@@H]2O[C@H](CBr)[C@@H](O)[C@H]2O)cc1C=CBr. The van der Waals surface area contributed by atoms with Gasteiger partial charge in [-0.05, 0) is 11.1 Å². The van der Waals surface area contributed by atoms with E-state index in [1.54, 1.807) is 0 Å². The van der Waals surface area contributed by atoms with Crippen molar-refractivity contribution in [2.75, 3.05) is 5.33 Å². The maximum atomic E-state index is 11.8. The summed E-state index contributed by atoms with van der Waals surface area (Å²) < 4.78 is 6.49. The topological polar surface area (TPSA) is 105 Å². The lowest BCUT2D eigenvalue weighted by molar-refractivity contribution is -0.0338. The molecule has 9 heteroatoms. The average molecular weight is 412 g/mol. The summed E-state index contributed by atoms with van der Waals surface area (Å²) in [6, 6.07) is 0. The third-order valence-electron chi connectivity index (χ3n) is 3.00. The predicted molar refractivity (Wildman–Crippen MR) is 79.0 cm³/mol. The number of aromatic nitrogens is 2. The summed E-state index contributed by atoms with van der Waals surface area (Å²) >= 11 is 6.20. The molecule has 0 saturated carbocycles. The van der Waals surface area contributed by atoms with Crippen LogP contribution in [0.25, 0.3) is 6.08 Å². The van der Waals surface area contributed by atoms with Crippen LogP contribution in [-0.2, 0) is 4.74 Å². The van der Waals surface area contributed by atoms with Crippen LogP contribution in [0.4, 0.5) is 0 Å². The Labute approximate surface area is 130 Å². The molecule has 1 aromatic heterocycles. The Kier molecular flexibility index (Phi) is 4.97. The molecule has 0 radical (unpaired) electrons. The molecule has 1 fully saturated rings. The molecule has 0 bridgehead atoms. The molecule has 4 atom stereocenters. The fourth-order valence-corrected chi connectivity index (χ4v) is 2.78. The normalized spacial score (nSPS) is 30.2. The highest BCUT2D eigenvalue weighted by Crippen LogP contribution is 2.29. The Bertz CT molecular complexity index is 626. The largest absolute Gasteiger partial charge is 0.387 e. The van der Waals surface area contributed by atoms with Gasteiger partial charge in [-0.1, -0.05) is 31.9 Å². The Morgan fingerprint density at radius 3 is 2.65 bits per heavy atom. The quantitative estimate of drug-likeness (QED) is 0.603. The van der Waals surface area contributed by atoms with E-state index in [4.69, 9.17) is 4.74 Å². The van der Waals surface area contributed by atoms with Crippen LogP contribution in [-0.4, -0.2) is 43.4 Å². The van der Waals surface area contributed by atoms with Gasteiger partial charge in [0.15, 0.2) is 6.23 Å². The van der Waals surface area contributed by atoms with Gasteiger partial charge in [-0.2, -0.15) is 0 Å². The molecule has 1 aliphatic rings. The fraction of sp³-hybridized carbons (Fsp3) is 0.455. The number of aliphatic hydroxyl groups excluding tert-OH is 2. The molecular weight excluding hydrogens is 400 g/mol. The van der Waals surface area contributed by atoms with Gasteiger partial charge in [0.1, 0.15) is 12.2 Å². The van der Waals surface area contributed by atoms with Gasteiger partial charge in [0.25, 0.3) is 5.56 Å². The van der Waals surface area contributed by atoms with Crippen molar-refractivity contribution in [1.82, 2.24) is 9.55 Å². The zero-order valence-electron chi connectivity index (χ0n) is 10.1. The molecule has 0 spiro atoms. The summed E-state index contributed by atoms with van der Waals surface area (Å²) in [5.41, 5.74) is -1.05. The molecule has 1 aromatic rings. The van der Waals surface area contributed by atoms with Gasteiger partial charge in [-0.25, -0.2) is 4.79 Å². The molecule has 1 saturated heterocycles. The van der Waals surface area contributed by atoms with Crippen molar-refractivity contribution in [3.63, 3.8) is 0 Å². The molecule has 0 amide bonds. The lowest BCUT2D eigenvalue weighted by atomic mass is 10.1. The smallest absolute Gasteiger partial charge is 0.330 e. The first-order valence-electron chi connectivity index (χ1n) is 5.69. The van der Waals surface area contributed by atoms with Crippen LogP contribution < -0.4 is 11.2 Å². The van der Waals surface area contributed by atoms with E-state index in [0.29, 0.717) is 5.33 Å². The molecule has 1 aliphatic heterocycles. The van der Waals surface area contributed by atoms with E-state index in [2.05, 4.69) is 36.8 Å². The third kappa shape index (κ3) is 2.82. The van der Waals surface area contributed by atoms with E-state index < -0.39 is 35.8 Å². The van der Waals surface area contributed by atoms with Crippen LogP contribution in [0.2, 0.25) is 0 Å². The Morgan fingerprint density at radius 1 is 1.40 bits per heavy atom. The number of alkyl halides is 1. The highest BCUT2D eigenvalue weighted by Gasteiger charge is 2.43. The third-order valence-corrected chi connectivity index (χ3v) is 3.90. The molecule has 110 valence electrons. The Hall–Kier alpha value is -0.740. The molecule has 2 rings (SSSR count). The minimum absolute atomic E-state index is 0.217. The number of hydrogen-bond donors (Lipinski definition) is 3. The number of ether oxygens (including phenoxy) is 1. The van der Waals surface area contributed by atoms with Gasteiger partial charge in [0.2, 0.25) is 0 Å². The van der Waals surface area contributed by atoms with E-state index in [-0.39, 0.29) is 5.56 Å². The number of halogens is 2. The molecule has 3 N–H and O–H groups in total. The standard InChI is InChI=1S/C11H12Br2N2O5/c12-2-1-5-4-15(11(19)14-9(5)18)10-8(17)7(16)6(3-13)20-10/h1-2,4,6-8,10,16-17H,3H2,(H,14,18,19)/t6-,7-,8-,10-/m1/s1. The number of hydrogen-bond acceptors (Lipinski definition) is 5. The first-order chi connectivity index (χ1) is 9.49. The molecular formula is C11H12Br2N2O5. The molecule has 7 nitrogen and oxygen atoms in total. The minimum atomic E-state index is -1.26. The first-order valence-corrected chi connectivity index (χ1v) is 7.73. The van der Waals surface area contributed by atoms with Gasteiger partial charge < -0.3 is 14.9 Å². The van der Waals surface area contributed by atoms with Crippen LogP contribution in [0, 0.1) is 0 Å². The number of nitrogens with one attached hydrogen (secondary N) is 1. The number of aromatic amines is 1. The van der Waals surface area contributed by atoms with Crippen molar-refractivity contribution in [2.45, 2.75) is 24.5 Å². The molecule has 0 unspecified atom stereocenters. The zero-order valence-corrected chi connectivity index (χ0v) is 13.2. The molecule has 0 aromatic carbocycles. The highest BCUT2D eigenvalue weighted by atomic mass is 79.9. The second kappa shape index (κ2) is 6.35. The summed E-state index contributed by atoms with van der Waals surface area (Å²) in [5, 5.41) is 20.1. The van der Waals surface area contributed by atoms with Crippen molar-refractivity contribution in [3.05, 3.63) is 37.6 Å². The van der Waals surface area contributed by atoms with E-state index in [0.717, 1.165) is 4.57 Å². The van der Waals surface area contributed by atoms with Crippen LogP contribution in [0.5, 0.6) is 0 Å². The van der Waals surface area contributed by atoms with Crippen LogP contribution in [0.1, 0.15) is 11.8 Å². The number of rotatable bonds is 3. The van der Waals surface area contributed by atoms with E-state index >= 15 is 0 Å². The molecule has 2 heterocycles. The number of H-pyrrole nitrogens is 1. The first kappa shape index (κ1) is 15.6. The molecule has 20 heavy (non-hydrogen) atoms. The number of nitrogens with zero attached hydrogens (tertiary/aromatic N) is 1. The lowest BCUT2D eigenvalue weighted by Gasteiger charge is -2.17. The summed E-state index contributed by atoms with van der Waals surface area (Å²) in [5.74, 6) is 0. The van der Waals surface area contributed by atoms with Crippen LogP contribution >= 0.6 is 31.9 Å². The Balaban J connectivity index is 2.46. The van der Waals surface area contributed by atoms with Crippen LogP contribution in [0.3, 0.4) is 0 Å². The number of aliphatic hydroxyl groups is 2. The van der Waals surface area contributed by atoms with Crippen molar-refractivity contribution >= 4 is 37.9 Å². The monoisotopic (exact) mass is 410 g/mol. The van der Waals surface area contributed by atoms with Crippen molar-refractivity contribution in [2.24, 2.45) is 0 Å². The van der Waals surface area contributed by atoms with Gasteiger partial charge in [-0.3, -0.25) is 14.3 Å². The predicted octanol–water partition coefficient (Wildman–Crippen LogP) is -0.0837. The van der Waals surface area contributed by atoms with Gasteiger partial charge in [0, 0.05) is 11.5 Å².